The molecule has 1 atom stereocenters. The zero-order valence-corrected chi connectivity index (χ0v) is 10.2. The second kappa shape index (κ2) is 9.57. The lowest BCUT2D eigenvalue weighted by Crippen LogP contribution is -2.30. The fourth-order valence-corrected chi connectivity index (χ4v) is 1.29. The molecule has 96 valence electrons. The normalized spacial score (nSPS) is 12.8. The third-order valence-electron chi connectivity index (χ3n) is 2.05. The molecule has 0 bridgehead atoms. The molecule has 5 heteroatoms. The van der Waals surface area contributed by atoms with Gasteiger partial charge in [-0.15, -0.1) is 0 Å². The largest absolute Gasteiger partial charge is 0.463 e. The Hall–Kier alpha value is -0.650. The van der Waals surface area contributed by atoms with E-state index in [0.29, 0.717) is 13.0 Å². The van der Waals surface area contributed by atoms with Crippen LogP contribution in [-0.4, -0.2) is 61.0 Å². The molecule has 0 aliphatic heterocycles. The van der Waals surface area contributed by atoms with Crippen LogP contribution in [0.5, 0.6) is 0 Å². The zero-order chi connectivity index (χ0) is 12.4. The highest BCUT2D eigenvalue weighted by molar-refractivity contribution is 5.69. The highest BCUT2D eigenvalue weighted by Gasteiger charge is 2.09. The monoisotopic (exact) mass is 233 g/mol. The zero-order valence-electron chi connectivity index (χ0n) is 10.2. The molecule has 1 unspecified atom stereocenters. The highest BCUT2D eigenvalue weighted by Crippen LogP contribution is 2.01. The fraction of sp³-hybridized carbons (Fsp3) is 0.909. The van der Waals surface area contributed by atoms with Gasteiger partial charge in [0.25, 0.3) is 0 Å². The quantitative estimate of drug-likeness (QED) is 0.433. The molecule has 0 aromatic rings. The van der Waals surface area contributed by atoms with E-state index in [1.54, 1.807) is 0 Å². The molecule has 0 amide bonds. The Morgan fingerprint density at radius 2 is 2.00 bits per heavy atom. The van der Waals surface area contributed by atoms with Gasteiger partial charge in [0.05, 0.1) is 0 Å². The molecule has 0 aromatic heterocycles. The van der Waals surface area contributed by atoms with Crippen LogP contribution in [0.25, 0.3) is 0 Å². The van der Waals surface area contributed by atoms with Crippen molar-refractivity contribution in [2.45, 2.75) is 31.8 Å². The third kappa shape index (κ3) is 9.89. The van der Waals surface area contributed by atoms with E-state index >= 15 is 0 Å². The van der Waals surface area contributed by atoms with Gasteiger partial charge in [0.1, 0.15) is 12.7 Å². The van der Waals surface area contributed by atoms with Crippen LogP contribution in [0.2, 0.25) is 0 Å². The molecule has 0 fully saturated rings. The first-order valence-corrected chi connectivity index (χ1v) is 5.65. The van der Waals surface area contributed by atoms with Crippen LogP contribution in [0.1, 0.15) is 25.7 Å². The van der Waals surface area contributed by atoms with E-state index in [-0.39, 0.29) is 19.2 Å². The molecule has 0 heterocycles. The molecular formula is C11H23NO4. The average molecular weight is 233 g/mol. The number of esters is 1. The van der Waals surface area contributed by atoms with Gasteiger partial charge in [-0.2, -0.15) is 0 Å². The lowest BCUT2D eigenvalue weighted by atomic mass is 10.2. The molecule has 0 spiro atoms. The van der Waals surface area contributed by atoms with E-state index in [0.717, 1.165) is 19.3 Å². The molecule has 5 nitrogen and oxygen atoms in total. The van der Waals surface area contributed by atoms with Crippen molar-refractivity contribution in [3.63, 3.8) is 0 Å². The van der Waals surface area contributed by atoms with Gasteiger partial charge in [0.15, 0.2) is 0 Å². The van der Waals surface area contributed by atoms with E-state index in [9.17, 15) is 9.90 Å². The van der Waals surface area contributed by atoms with Crippen LogP contribution in [0.15, 0.2) is 0 Å². The standard InChI is InChI=1S/C11H23NO4/c1-12(2)8-10(14)9-16-11(15)6-4-3-5-7-13/h10,13-14H,3-9H2,1-2H3. The SMILES string of the molecule is CN(C)CC(O)COC(=O)CCCCCO. The first kappa shape index (κ1) is 15.3. The van der Waals surface area contributed by atoms with Crippen molar-refractivity contribution in [1.82, 2.24) is 4.90 Å². The number of carbonyl (C=O) groups is 1. The molecular weight excluding hydrogens is 210 g/mol. The number of hydrogen-bond donors (Lipinski definition) is 2. The van der Waals surface area contributed by atoms with Crippen LogP contribution < -0.4 is 0 Å². The predicted molar refractivity (Wildman–Crippen MR) is 61.1 cm³/mol. The molecule has 0 aliphatic rings. The lowest BCUT2D eigenvalue weighted by molar-refractivity contribution is -0.147. The maximum Gasteiger partial charge on any atom is 0.305 e. The summed E-state index contributed by atoms with van der Waals surface area (Å²) < 4.78 is 4.91. The van der Waals surface area contributed by atoms with Crippen molar-refractivity contribution < 1.29 is 19.7 Å². The average Bonchev–Trinajstić information content (AvgIpc) is 2.20. The van der Waals surface area contributed by atoms with E-state index in [1.807, 2.05) is 19.0 Å². The van der Waals surface area contributed by atoms with E-state index in [2.05, 4.69) is 0 Å². The molecule has 16 heavy (non-hydrogen) atoms. The number of unbranched alkanes of at least 4 members (excludes halogenated alkanes) is 2. The fourth-order valence-electron chi connectivity index (χ4n) is 1.29. The molecule has 0 saturated carbocycles. The summed E-state index contributed by atoms with van der Waals surface area (Å²) in [7, 11) is 3.69. The van der Waals surface area contributed by atoms with Gasteiger partial charge < -0.3 is 19.8 Å². The summed E-state index contributed by atoms with van der Waals surface area (Å²) >= 11 is 0. The second-order valence-electron chi connectivity index (χ2n) is 4.13. The second-order valence-corrected chi connectivity index (χ2v) is 4.13. The smallest absolute Gasteiger partial charge is 0.305 e. The Balaban J connectivity index is 3.42. The maximum absolute atomic E-state index is 11.2. The van der Waals surface area contributed by atoms with Crippen LogP contribution in [0.3, 0.4) is 0 Å². The summed E-state index contributed by atoms with van der Waals surface area (Å²) in [5.41, 5.74) is 0. The lowest BCUT2D eigenvalue weighted by Gasteiger charge is -2.15. The molecule has 0 aromatic carbocycles. The maximum atomic E-state index is 11.2. The Morgan fingerprint density at radius 1 is 1.31 bits per heavy atom. The van der Waals surface area contributed by atoms with E-state index < -0.39 is 6.10 Å². The van der Waals surface area contributed by atoms with Gasteiger partial charge in [-0.05, 0) is 26.9 Å². The van der Waals surface area contributed by atoms with Crippen molar-refractivity contribution in [1.29, 1.82) is 0 Å². The van der Waals surface area contributed by atoms with Gasteiger partial charge in [-0.1, -0.05) is 6.42 Å². The number of ether oxygens (including phenoxy) is 1. The number of likely N-dealkylation sites (N-methyl/N-ethyl adjacent to an activating group) is 1. The highest BCUT2D eigenvalue weighted by atomic mass is 16.5. The van der Waals surface area contributed by atoms with Crippen molar-refractivity contribution in [3.8, 4) is 0 Å². The van der Waals surface area contributed by atoms with E-state index in [4.69, 9.17) is 9.84 Å². The number of nitrogens with zero attached hydrogens (tertiary/aromatic N) is 1. The predicted octanol–water partition coefficient (Wildman–Crippen LogP) is 0.00480. The number of rotatable bonds is 9. The molecule has 0 radical (unpaired) electrons. The van der Waals surface area contributed by atoms with Crippen LogP contribution >= 0.6 is 0 Å². The van der Waals surface area contributed by atoms with Crippen molar-refractivity contribution >= 4 is 5.97 Å². The van der Waals surface area contributed by atoms with Gasteiger partial charge in [-0.25, -0.2) is 0 Å². The molecule has 2 N–H and O–H groups in total. The molecule has 0 saturated heterocycles. The third-order valence-corrected chi connectivity index (χ3v) is 2.05. The Bertz CT molecular complexity index is 185. The minimum atomic E-state index is -0.628. The van der Waals surface area contributed by atoms with Crippen molar-refractivity contribution in [2.75, 3.05) is 33.9 Å². The first-order chi connectivity index (χ1) is 7.56. The van der Waals surface area contributed by atoms with Gasteiger partial charge in [0, 0.05) is 19.6 Å². The molecule has 0 rings (SSSR count). The minimum Gasteiger partial charge on any atom is -0.463 e. The van der Waals surface area contributed by atoms with Gasteiger partial charge in [0.2, 0.25) is 0 Å². The number of carbonyl (C=O) groups excluding carboxylic acids is 1. The van der Waals surface area contributed by atoms with Gasteiger partial charge >= 0.3 is 5.97 Å². The summed E-state index contributed by atoms with van der Waals surface area (Å²) in [4.78, 5) is 13.0. The van der Waals surface area contributed by atoms with Crippen LogP contribution in [-0.2, 0) is 9.53 Å². The summed E-state index contributed by atoms with van der Waals surface area (Å²) in [6.07, 6.45) is 2.00. The topological polar surface area (TPSA) is 70.0 Å². The number of aliphatic hydroxyl groups excluding tert-OH is 2. The summed E-state index contributed by atoms with van der Waals surface area (Å²) in [6, 6.07) is 0. The minimum absolute atomic E-state index is 0.0526. The van der Waals surface area contributed by atoms with Crippen LogP contribution in [0, 0.1) is 0 Å². The first-order valence-electron chi connectivity index (χ1n) is 5.65. The van der Waals surface area contributed by atoms with Crippen molar-refractivity contribution in [2.24, 2.45) is 0 Å². The van der Waals surface area contributed by atoms with Gasteiger partial charge in [-0.3, -0.25) is 4.79 Å². The Labute approximate surface area is 97.0 Å². The van der Waals surface area contributed by atoms with Crippen molar-refractivity contribution in [3.05, 3.63) is 0 Å². The Kier molecular flexibility index (Phi) is 9.18. The number of hydrogen-bond acceptors (Lipinski definition) is 5. The summed E-state index contributed by atoms with van der Waals surface area (Å²) in [6.45, 7) is 0.700. The number of aliphatic hydroxyl groups is 2. The Morgan fingerprint density at radius 3 is 2.56 bits per heavy atom. The summed E-state index contributed by atoms with van der Waals surface area (Å²) in [5.74, 6) is -0.282. The summed E-state index contributed by atoms with van der Waals surface area (Å²) in [5, 5.41) is 18.0. The van der Waals surface area contributed by atoms with E-state index in [1.165, 1.54) is 0 Å². The molecule has 0 aliphatic carbocycles. The van der Waals surface area contributed by atoms with Crippen LogP contribution in [0.4, 0.5) is 0 Å².